The SMILES string of the molecule is COc1ccc(OCc2nnc(SC(C)C)n2-c2ccc(C)c(Cl)c2)cc1. The summed E-state index contributed by atoms with van der Waals surface area (Å²) in [6.07, 6.45) is 0. The van der Waals surface area contributed by atoms with E-state index < -0.39 is 0 Å². The zero-order chi connectivity index (χ0) is 19.4. The molecule has 5 nitrogen and oxygen atoms in total. The van der Waals surface area contributed by atoms with Gasteiger partial charge in [0.15, 0.2) is 11.0 Å². The minimum atomic E-state index is 0.295. The number of methoxy groups -OCH3 is 1. The molecule has 0 N–H and O–H groups in total. The van der Waals surface area contributed by atoms with Gasteiger partial charge in [-0.3, -0.25) is 4.57 Å². The lowest BCUT2D eigenvalue weighted by Gasteiger charge is -2.13. The van der Waals surface area contributed by atoms with Crippen molar-refractivity contribution in [3.63, 3.8) is 0 Å². The lowest BCUT2D eigenvalue weighted by Crippen LogP contribution is -2.07. The Hall–Kier alpha value is -2.18. The first-order valence-electron chi connectivity index (χ1n) is 8.62. The second-order valence-electron chi connectivity index (χ2n) is 6.30. The van der Waals surface area contributed by atoms with E-state index in [1.165, 1.54) is 0 Å². The summed E-state index contributed by atoms with van der Waals surface area (Å²) in [5.74, 6) is 2.25. The molecule has 7 heteroatoms. The number of aryl methyl sites for hydroxylation is 1. The molecular weight excluding hydrogens is 382 g/mol. The molecule has 0 saturated heterocycles. The molecule has 0 aliphatic rings. The molecule has 0 aliphatic heterocycles. The molecule has 0 atom stereocenters. The predicted molar refractivity (Wildman–Crippen MR) is 109 cm³/mol. The molecule has 0 bridgehead atoms. The Bertz CT molecular complexity index is 910. The molecular formula is C20H22ClN3O2S. The Kier molecular flexibility index (Phi) is 6.29. The average molecular weight is 404 g/mol. The quantitative estimate of drug-likeness (QED) is 0.500. The number of aromatic nitrogens is 3. The maximum atomic E-state index is 6.34. The summed E-state index contributed by atoms with van der Waals surface area (Å²) in [5, 5.41) is 10.6. The molecule has 0 unspecified atom stereocenters. The lowest BCUT2D eigenvalue weighted by atomic mass is 10.2. The van der Waals surface area contributed by atoms with Crippen molar-refractivity contribution in [2.24, 2.45) is 0 Å². The van der Waals surface area contributed by atoms with Crippen molar-refractivity contribution in [3.05, 3.63) is 58.9 Å². The van der Waals surface area contributed by atoms with Gasteiger partial charge in [0.05, 0.1) is 12.8 Å². The minimum Gasteiger partial charge on any atom is -0.497 e. The zero-order valence-corrected chi connectivity index (χ0v) is 17.3. The molecule has 142 valence electrons. The molecule has 0 spiro atoms. The number of hydrogen-bond acceptors (Lipinski definition) is 5. The van der Waals surface area contributed by atoms with Crippen LogP contribution >= 0.6 is 23.4 Å². The van der Waals surface area contributed by atoms with E-state index in [1.807, 2.05) is 54.0 Å². The summed E-state index contributed by atoms with van der Waals surface area (Å²) in [6, 6.07) is 13.4. The Balaban J connectivity index is 1.89. The third-order valence-electron chi connectivity index (χ3n) is 3.88. The fourth-order valence-corrected chi connectivity index (χ4v) is 3.48. The van der Waals surface area contributed by atoms with Crippen molar-refractivity contribution in [2.45, 2.75) is 37.8 Å². The van der Waals surface area contributed by atoms with Crippen molar-refractivity contribution in [2.75, 3.05) is 7.11 Å². The van der Waals surface area contributed by atoms with Crippen LogP contribution in [0.2, 0.25) is 5.02 Å². The zero-order valence-electron chi connectivity index (χ0n) is 15.8. The van der Waals surface area contributed by atoms with Crippen LogP contribution in [0.4, 0.5) is 0 Å². The Morgan fingerprint density at radius 3 is 2.41 bits per heavy atom. The van der Waals surface area contributed by atoms with Crippen LogP contribution in [0, 0.1) is 6.92 Å². The van der Waals surface area contributed by atoms with Crippen molar-refractivity contribution in [3.8, 4) is 17.2 Å². The van der Waals surface area contributed by atoms with Gasteiger partial charge in [0, 0.05) is 10.3 Å². The van der Waals surface area contributed by atoms with E-state index in [2.05, 4.69) is 24.0 Å². The second kappa shape index (κ2) is 8.67. The standard InChI is InChI=1S/C20H22ClN3O2S/c1-13(2)27-20-23-22-19(12-26-17-9-7-16(25-4)8-10-17)24(20)15-6-5-14(3)18(21)11-15/h5-11,13H,12H2,1-4H3. The van der Waals surface area contributed by atoms with Crippen molar-refractivity contribution >= 4 is 23.4 Å². The van der Waals surface area contributed by atoms with E-state index in [9.17, 15) is 0 Å². The van der Waals surface area contributed by atoms with Gasteiger partial charge in [-0.05, 0) is 48.9 Å². The van der Waals surface area contributed by atoms with Crippen LogP contribution in [-0.2, 0) is 6.61 Å². The van der Waals surface area contributed by atoms with Crippen molar-refractivity contribution in [1.82, 2.24) is 14.8 Å². The van der Waals surface area contributed by atoms with Gasteiger partial charge < -0.3 is 9.47 Å². The fourth-order valence-electron chi connectivity index (χ4n) is 2.48. The van der Waals surface area contributed by atoms with Crippen LogP contribution in [0.15, 0.2) is 47.6 Å². The molecule has 0 saturated carbocycles. The van der Waals surface area contributed by atoms with Crippen molar-refractivity contribution in [1.29, 1.82) is 0 Å². The Morgan fingerprint density at radius 1 is 1.07 bits per heavy atom. The van der Waals surface area contributed by atoms with Gasteiger partial charge in [0.1, 0.15) is 18.1 Å². The molecule has 0 fully saturated rings. The van der Waals surface area contributed by atoms with Gasteiger partial charge in [0.25, 0.3) is 0 Å². The van der Waals surface area contributed by atoms with Crippen LogP contribution in [-0.4, -0.2) is 27.1 Å². The number of hydrogen-bond donors (Lipinski definition) is 0. The van der Waals surface area contributed by atoms with E-state index in [0.29, 0.717) is 22.7 Å². The van der Waals surface area contributed by atoms with Crippen LogP contribution in [0.3, 0.4) is 0 Å². The van der Waals surface area contributed by atoms with Crippen molar-refractivity contribution < 1.29 is 9.47 Å². The summed E-state index contributed by atoms with van der Waals surface area (Å²) >= 11 is 7.99. The van der Waals surface area contributed by atoms with Gasteiger partial charge >= 0.3 is 0 Å². The molecule has 1 aromatic heterocycles. The summed E-state index contributed by atoms with van der Waals surface area (Å²) in [4.78, 5) is 0. The highest BCUT2D eigenvalue weighted by atomic mass is 35.5. The number of halogens is 1. The maximum absolute atomic E-state index is 6.34. The number of benzene rings is 2. The summed E-state index contributed by atoms with van der Waals surface area (Å²) in [6.45, 7) is 6.53. The number of ether oxygens (including phenoxy) is 2. The van der Waals surface area contributed by atoms with E-state index in [-0.39, 0.29) is 0 Å². The summed E-state index contributed by atoms with van der Waals surface area (Å²) < 4.78 is 13.1. The van der Waals surface area contributed by atoms with Crippen LogP contribution < -0.4 is 9.47 Å². The molecule has 0 aliphatic carbocycles. The lowest BCUT2D eigenvalue weighted by molar-refractivity contribution is 0.292. The van der Waals surface area contributed by atoms with E-state index in [0.717, 1.165) is 27.9 Å². The summed E-state index contributed by atoms with van der Waals surface area (Å²) in [5.41, 5.74) is 1.95. The highest BCUT2D eigenvalue weighted by Crippen LogP contribution is 2.28. The van der Waals surface area contributed by atoms with Crippen LogP contribution in [0.5, 0.6) is 11.5 Å². The third-order valence-corrected chi connectivity index (χ3v) is 5.24. The van der Waals surface area contributed by atoms with E-state index in [1.54, 1.807) is 18.9 Å². The largest absolute Gasteiger partial charge is 0.497 e. The highest BCUT2D eigenvalue weighted by Gasteiger charge is 2.17. The number of thioether (sulfide) groups is 1. The monoisotopic (exact) mass is 403 g/mol. The predicted octanol–water partition coefficient (Wildman–Crippen LogP) is 5.32. The average Bonchev–Trinajstić information content (AvgIpc) is 3.04. The maximum Gasteiger partial charge on any atom is 0.196 e. The van der Waals surface area contributed by atoms with E-state index >= 15 is 0 Å². The van der Waals surface area contributed by atoms with Gasteiger partial charge in [-0.2, -0.15) is 0 Å². The molecule has 0 radical (unpaired) electrons. The third kappa shape index (κ3) is 4.76. The molecule has 3 rings (SSSR count). The first-order valence-corrected chi connectivity index (χ1v) is 9.88. The minimum absolute atomic E-state index is 0.295. The molecule has 1 heterocycles. The molecule has 3 aromatic rings. The highest BCUT2D eigenvalue weighted by molar-refractivity contribution is 7.99. The first-order chi connectivity index (χ1) is 13.0. The second-order valence-corrected chi connectivity index (χ2v) is 8.25. The topological polar surface area (TPSA) is 49.2 Å². The number of rotatable bonds is 7. The van der Waals surface area contributed by atoms with Gasteiger partial charge in [-0.15, -0.1) is 10.2 Å². The first kappa shape index (κ1) is 19.6. The van der Waals surface area contributed by atoms with Gasteiger partial charge in [0.2, 0.25) is 0 Å². The van der Waals surface area contributed by atoms with Crippen LogP contribution in [0.25, 0.3) is 5.69 Å². The number of nitrogens with zero attached hydrogens (tertiary/aromatic N) is 3. The van der Waals surface area contributed by atoms with Crippen LogP contribution in [0.1, 0.15) is 25.2 Å². The molecule has 2 aromatic carbocycles. The molecule has 0 amide bonds. The fraction of sp³-hybridized carbons (Fsp3) is 0.300. The normalized spacial score (nSPS) is 11.0. The molecule has 27 heavy (non-hydrogen) atoms. The van der Waals surface area contributed by atoms with Gasteiger partial charge in [-0.1, -0.05) is 43.3 Å². The smallest absolute Gasteiger partial charge is 0.196 e. The Labute approximate surface area is 168 Å². The van der Waals surface area contributed by atoms with Gasteiger partial charge in [-0.25, -0.2) is 0 Å². The Morgan fingerprint density at radius 2 is 1.78 bits per heavy atom. The van der Waals surface area contributed by atoms with E-state index in [4.69, 9.17) is 21.1 Å². The summed E-state index contributed by atoms with van der Waals surface area (Å²) in [7, 11) is 1.64.